The highest BCUT2D eigenvalue weighted by Crippen LogP contribution is 2.40. The van der Waals surface area contributed by atoms with E-state index in [1.807, 2.05) is 0 Å². The summed E-state index contributed by atoms with van der Waals surface area (Å²) in [4.78, 5) is 2.14. The van der Waals surface area contributed by atoms with Gasteiger partial charge in [-0.15, -0.1) is 0 Å². The van der Waals surface area contributed by atoms with E-state index in [1.165, 1.54) is 13.5 Å². The fourth-order valence-corrected chi connectivity index (χ4v) is 2.64. The molecular weight excluding hydrogens is 269 g/mol. The molecule has 0 spiro atoms. The number of nitrogens with zero attached hydrogens (tertiary/aromatic N) is 1. The normalized spacial score (nSPS) is 17.2. The Labute approximate surface area is 116 Å². The first-order chi connectivity index (χ1) is 9.41. The van der Waals surface area contributed by atoms with Crippen LogP contribution in [-0.4, -0.2) is 25.1 Å². The zero-order valence-electron chi connectivity index (χ0n) is 11.5. The molecule has 1 fully saturated rings. The molecule has 0 atom stereocenters. The van der Waals surface area contributed by atoms with E-state index in [4.69, 9.17) is 10.5 Å². The quantitative estimate of drug-likeness (QED) is 0.867. The number of nitrogen functional groups attached to an aromatic ring is 1. The first-order valence-corrected chi connectivity index (χ1v) is 6.67. The van der Waals surface area contributed by atoms with Crippen molar-refractivity contribution >= 4 is 5.69 Å². The van der Waals surface area contributed by atoms with Crippen molar-refractivity contribution < 1.29 is 17.9 Å². The number of halogens is 3. The van der Waals surface area contributed by atoms with Crippen molar-refractivity contribution in [1.29, 1.82) is 0 Å². The van der Waals surface area contributed by atoms with Crippen molar-refractivity contribution in [2.75, 3.05) is 25.9 Å². The molecule has 2 N–H and O–H groups in total. The van der Waals surface area contributed by atoms with Crippen molar-refractivity contribution in [1.82, 2.24) is 4.90 Å². The number of methoxy groups -OCH3 is 1. The first kappa shape index (κ1) is 15.0. The summed E-state index contributed by atoms with van der Waals surface area (Å²) in [6.07, 6.45) is -1.12. The standard InChI is InChI=1S/C14H19F3N2O/c1-20-13-10(9-19-5-3-2-4-6-19)7-11(18)8-12(13)14(15,16)17/h7-8H,2-6,9,18H2,1H3. The maximum atomic E-state index is 13.0. The molecule has 1 aliphatic heterocycles. The van der Waals surface area contributed by atoms with Crippen LogP contribution in [0, 0.1) is 0 Å². The summed E-state index contributed by atoms with van der Waals surface area (Å²) in [6, 6.07) is 2.50. The second-order valence-electron chi connectivity index (χ2n) is 5.10. The van der Waals surface area contributed by atoms with E-state index in [-0.39, 0.29) is 11.4 Å². The maximum absolute atomic E-state index is 13.0. The average Bonchev–Trinajstić information content (AvgIpc) is 2.38. The van der Waals surface area contributed by atoms with Crippen molar-refractivity contribution in [2.45, 2.75) is 32.0 Å². The lowest BCUT2D eigenvalue weighted by atomic mass is 10.0. The summed E-state index contributed by atoms with van der Waals surface area (Å²) in [6.45, 7) is 2.25. The van der Waals surface area contributed by atoms with Gasteiger partial charge in [-0.1, -0.05) is 6.42 Å². The monoisotopic (exact) mass is 288 g/mol. The fraction of sp³-hybridized carbons (Fsp3) is 0.571. The van der Waals surface area contributed by atoms with Crippen LogP contribution in [0.25, 0.3) is 0 Å². The summed E-state index contributed by atoms with van der Waals surface area (Å²) >= 11 is 0. The molecule has 2 rings (SSSR count). The highest BCUT2D eigenvalue weighted by Gasteiger charge is 2.36. The predicted octanol–water partition coefficient (Wildman–Crippen LogP) is 3.28. The summed E-state index contributed by atoms with van der Waals surface area (Å²) < 4.78 is 44.1. The molecule has 1 aromatic carbocycles. The summed E-state index contributed by atoms with van der Waals surface area (Å²) in [5.41, 5.74) is 5.43. The molecule has 3 nitrogen and oxygen atoms in total. The number of hydrogen-bond donors (Lipinski definition) is 1. The van der Waals surface area contributed by atoms with Gasteiger partial charge in [-0.3, -0.25) is 4.90 Å². The Kier molecular flexibility index (Phi) is 4.42. The topological polar surface area (TPSA) is 38.5 Å². The van der Waals surface area contributed by atoms with Gasteiger partial charge in [0.25, 0.3) is 0 Å². The van der Waals surface area contributed by atoms with Gasteiger partial charge in [-0.25, -0.2) is 0 Å². The first-order valence-electron chi connectivity index (χ1n) is 6.67. The molecule has 0 saturated carbocycles. The molecule has 0 aromatic heterocycles. The molecule has 1 heterocycles. The van der Waals surface area contributed by atoms with Gasteiger partial charge in [0, 0.05) is 17.8 Å². The van der Waals surface area contributed by atoms with Gasteiger partial charge in [0.1, 0.15) is 5.75 Å². The lowest BCUT2D eigenvalue weighted by Crippen LogP contribution is -2.29. The van der Waals surface area contributed by atoms with Crippen LogP contribution in [0.3, 0.4) is 0 Å². The molecule has 0 unspecified atom stereocenters. The number of ether oxygens (including phenoxy) is 1. The lowest BCUT2D eigenvalue weighted by Gasteiger charge is -2.27. The Morgan fingerprint density at radius 1 is 1.20 bits per heavy atom. The molecule has 6 heteroatoms. The van der Waals surface area contributed by atoms with Crippen molar-refractivity contribution in [3.8, 4) is 5.75 Å². The Morgan fingerprint density at radius 2 is 1.85 bits per heavy atom. The molecular formula is C14H19F3N2O. The van der Waals surface area contributed by atoms with Crippen LogP contribution in [0.4, 0.5) is 18.9 Å². The highest BCUT2D eigenvalue weighted by molar-refractivity contribution is 5.54. The van der Waals surface area contributed by atoms with Crippen LogP contribution in [-0.2, 0) is 12.7 Å². The third-order valence-corrected chi connectivity index (χ3v) is 3.54. The summed E-state index contributed by atoms with van der Waals surface area (Å²) in [5, 5.41) is 0. The van der Waals surface area contributed by atoms with Gasteiger partial charge in [0.2, 0.25) is 0 Å². The highest BCUT2D eigenvalue weighted by atomic mass is 19.4. The van der Waals surface area contributed by atoms with Crippen molar-refractivity contribution in [3.63, 3.8) is 0 Å². The number of hydrogen-bond acceptors (Lipinski definition) is 3. The van der Waals surface area contributed by atoms with Crippen molar-refractivity contribution in [2.24, 2.45) is 0 Å². The summed E-state index contributed by atoms with van der Waals surface area (Å²) in [7, 11) is 1.26. The van der Waals surface area contributed by atoms with Crippen LogP contribution in [0.2, 0.25) is 0 Å². The Hall–Kier alpha value is -1.43. The smallest absolute Gasteiger partial charge is 0.420 e. The molecule has 0 amide bonds. The van der Waals surface area contributed by atoms with E-state index in [0.717, 1.165) is 32.0 Å². The van der Waals surface area contributed by atoms with Crippen molar-refractivity contribution in [3.05, 3.63) is 23.3 Å². The van der Waals surface area contributed by atoms with E-state index >= 15 is 0 Å². The minimum absolute atomic E-state index is 0.114. The van der Waals surface area contributed by atoms with Crippen LogP contribution in [0.1, 0.15) is 30.4 Å². The zero-order chi connectivity index (χ0) is 14.8. The van der Waals surface area contributed by atoms with Crippen LogP contribution in [0.15, 0.2) is 12.1 Å². The number of nitrogens with two attached hydrogens (primary N) is 1. The molecule has 0 bridgehead atoms. The number of alkyl halides is 3. The third-order valence-electron chi connectivity index (χ3n) is 3.54. The molecule has 0 aliphatic carbocycles. The van der Waals surface area contributed by atoms with Crippen LogP contribution in [0.5, 0.6) is 5.75 Å². The van der Waals surface area contributed by atoms with Gasteiger partial charge in [0.15, 0.2) is 0 Å². The van der Waals surface area contributed by atoms with Gasteiger partial charge in [-0.05, 0) is 38.1 Å². The van der Waals surface area contributed by atoms with Gasteiger partial charge < -0.3 is 10.5 Å². The predicted molar refractivity (Wildman–Crippen MR) is 71.5 cm³/mol. The second kappa shape index (κ2) is 5.91. The number of likely N-dealkylation sites (tertiary alicyclic amines) is 1. The number of piperidine rings is 1. The molecule has 112 valence electrons. The van der Waals surface area contributed by atoms with Crippen LogP contribution < -0.4 is 10.5 Å². The van der Waals surface area contributed by atoms with E-state index in [2.05, 4.69) is 4.90 Å². The average molecular weight is 288 g/mol. The molecule has 1 aliphatic rings. The van der Waals surface area contributed by atoms with E-state index in [9.17, 15) is 13.2 Å². The Morgan fingerprint density at radius 3 is 2.40 bits per heavy atom. The number of anilines is 1. The zero-order valence-corrected chi connectivity index (χ0v) is 11.5. The largest absolute Gasteiger partial charge is 0.496 e. The Bertz CT molecular complexity index is 468. The van der Waals surface area contributed by atoms with E-state index in [1.54, 1.807) is 6.07 Å². The minimum Gasteiger partial charge on any atom is -0.496 e. The van der Waals surface area contributed by atoms with Gasteiger partial charge in [0.05, 0.1) is 12.7 Å². The number of benzene rings is 1. The molecule has 20 heavy (non-hydrogen) atoms. The van der Waals surface area contributed by atoms with Gasteiger partial charge >= 0.3 is 6.18 Å². The minimum atomic E-state index is -4.46. The van der Waals surface area contributed by atoms with E-state index < -0.39 is 11.7 Å². The summed E-state index contributed by atoms with van der Waals surface area (Å²) in [5.74, 6) is -0.114. The lowest BCUT2D eigenvalue weighted by molar-refractivity contribution is -0.138. The van der Waals surface area contributed by atoms with E-state index in [0.29, 0.717) is 12.1 Å². The molecule has 1 aromatic rings. The molecule has 1 saturated heterocycles. The van der Waals surface area contributed by atoms with Gasteiger partial charge in [-0.2, -0.15) is 13.2 Å². The maximum Gasteiger partial charge on any atom is 0.420 e. The SMILES string of the molecule is COc1c(CN2CCCCC2)cc(N)cc1C(F)(F)F. The fourth-order valence-electron chi connectivity index (χ4n) is 2.64. The second-order valence-corrected chi connectivity index (χ2v) is 5.10. The number of rotatable bonds is 3. The van der Waals surface area contributed by atoms with Crippen LogP contribution >= 0.6 is 0 Å². The Balaban J connectivity index is 2.33. The molecule has 0 radical (unpaired) electrons. The third kappa shape index (κ3) is 3.36.